The molecule has 0 spiro atoms. The third-order valence-electron chi connectivity index (χ3n) is 2.81. The Morgan fingerprint density at radius 1 is 1.85 bits per heavy atom. The molecule has 0 bridgehead atoms. The van der Waals surface area contributed by atoms with Crippen molar-refractivity contribution in [1.29, 1.82) is 0 Å². The third kappa shape index (κ3) is 2.07. The van der Waals surface area contributed by atoms with Crippen LogP contribution in [0.25, 0.3) is 0 Å². The molecular weight excluding hydrogens is 182 g/mol. The Bertz CT molecular complexity index is 260. The molecule has 0 aromatic carbocycles. The Morgan fingerprint density at radius 3 is 3.08 bits per heavy atom. The lowest BCUT2D eigenvalue weighted by Crippen LogP contribution is -2.38. The van der Waals surface area contributed by atoms with Crippen molar-refractivity contribution in [2.45, 2.75) is 25.8 Å². The first-order valence-corrected chi connectivity index (χ1v) is 5.52. The minimum atomic E-state index is 0.440. The van der Waals surface area contributed by atoms with Crippen molar-refractivity contribution in [3.63, 3.8) is 0 Å². The highest BCUT2D eigenvalue weighted by Gasteiger charge is 2.38. The number of aromatic nitrogens is 1. The van der Waals surface area contributed by atoms with Gasteiger partial charge in [0.05, 0.1) is 5.51 Å². The molecular formula is C9H15N3S. The zero-order valence-electron chi connectivity index (χ0n) is 7.73. The molecule has 1 fully saturated rings. The van der Waals surface area contributed by atoms with E-state index in [9.17, 15) is 0 Å². The maximum absolute atomic E-state index is 5.53. The summed E-state index contributed by atoms with van der Waals surface area (Å²) < 4.78 is 0. The maximum atomic E-state index is 5.53. The molecule has 1 aliphatic rings. The van der Waals surface area contributed by atoms with Crippen LogP contribution in [0.1, 0.15) is 18.2 Å². The van der Waals surface area contributed by atoms with E-state index in [0.717, 1.165) is 18.3 Å². The molecule has 0 amide bonds. The number of thiazole rings is 1. The molecule has 2 rings (SSSR count). The molecule has 0 radical (unpaired) electrons. The minimum absolute atomic E-state index is 0.440. The molecule has 72 valence electrons. The lowest BCUT2D eigenvalue weighted by atomic mass is 10.1. The summed E-state index contributed by atoms with van der Waals surface area (Å²) in [5, 5.41) is 0. The van der Waals surface area contributed by atoms with Crippen LogP contribution < -0.4 is 11.3 Å². The quantitative estimate of drug-likeness (QED) is 0.563. The van der Waals surface area contributed by atoms with E-state index in [0.29, 0.717) is 6.04 Å². The summed E-state index contributed by atoms with van der Waals surface area (Å²) in [5.74, 6) is 7.14. The molecule has 3 unspecified atom stereocenters. The molecule has 4 heteroatoms. The monoisotopic (exact) mass is 197 g/mol. The van der Waals surface area contributed by atoms with Crippen LogP contribution in [0, 0.1) is 11.8 Å². The zero-order valence-corrected chi connectivity index (χ0v) is 8.55. The van der Waals surface area contributed by atoms with Crippen molar-refractivity contribution in [1.82, 2.24) is 10.4 Å². The Labute approximate surface area is 82.3 Å². The first kappa shape index (κ1) is 9.12. The van der Waals surface area contributed by atoms with Crippen LogP contribution in [0.5, 0.6) is 0 Å². The highest BCUT2D eigenvalue weighted by atomic mass is 32.1. The molecule has 3 nitrogen and oxygen atoms in total. The van der Waals surface area contributed by atoms with Crippen LogP contribution in [-0.2, 0) is 6.42 Å². The fourth-order valence-electron chi connectivity index (χ4n) is 1.81. The van der Waals surface area contributed by atoms with Gasteiger partial charge < -0.3 is 0 Å². The first-order valence-electron chi connectivity index (χ1n) is 4.64. The van der Waals surface area contributed by atoms with Crippen LogP contribution in [0.15, 0.2) is 11.7 Å². The van der Waals surface area contributed by atoms with Crippen molar-refractivity contribution in [2.75, 3.05) is 0 Å². The molecule has 1 aliphatic carbocycles. The second-order valence-corrected chi connectivity index (χ2v) is 4.79. The number of hydrogen-bond acceptors (Lipinski definition) is 4. The summed E-state index contributed by atoms with van der Waals surface area (Å²) in [6.45, 7) is 2.28. The Morgan fingerprint density at radius 2 is 2.62 bits per heavy atom. The predicted molar refractivity (Wildman–Crippen MR) is 54.2 cm³/mol. The highest BCUT2D eigenvalue weighted by molar-refractivity contribution is 7.09. The van der Waals surface area contributed by atoms with Gasteiger partial charge in [0, 0.05) is 23.5 Å². The molecule has 13 heavy (non-hydrogen) atoms. The molecule has 3 atom stereocenters. The second-order valence-electron chi connectivity index (χ2n) is 3.82. The summed E-state index contributed by atoms with van der Waals surface area (Å²) in [4.78, 5) is 5.38. The standard InChI is InChI=1S/C9H15N3S/c1-6-2-8(6)9(12-10)3-7-4-11-5-13-7/h4-6,8-9,12H,2-3,10H2,1H3. The largest absolute Gasteiger partial charge is 0.271 e. The molecule has 1 saturated carbocycles. The number of nitrogens with zero attached hydrogens (tertiary/aromatic N) is 1. The number of nitrogens with one attached hydrogen (secondary N) is 1. The van der Waals surface area contributed by atoms with E-state index in [1.807, 2.05) is 11.7 Å². The summed E-state index contributed by atoms with van der Waals surface area (Å²) in [6.07, 6.45) is 4.27. The molecule has 3 N–H and O–H groups in total. The SMILES string of the molecule is CC1CC1C(Cc1cncs1)NN. The van der Waals surface area contributed by atoms with E-state index >= 15 is 0 Å². The maximum Gasteiger partial charge on any atom is 0.0794 e. The second kappa shape index (κ2) is 3.74. The van der Waals surface area contributed by atoms with E-state index in [2.05, 4.69) is 17.3 Å². The van der Waals surface area contributed by atoms with Crippen molar-refractivity contribution >= 4 is 11.3 Å². The molecule has 1 heterocycles. The van der Waals surface area contributed by atoms with Crippen LogP contribution >= 0.6 is 11.3 Å². The molecule has 0 aliphatic heterocycles. The van der Waals surface area contributed by atoms with Crippen LogP contribution in [-0.4, -0.2) is 11.0 Å². The Kier molecular flexibility index (Phi) is 2.62. The van der Waals surface area contributed by atoms with Crippen molar-refractivity contribution in [3.8, 4) is 0 Å². The van der Waals surface area contributed by atoms with Gasteiger partial charge >= 0.3 is 0 Å². The Hall–Kier alpha value is -0.450. The topological polar surface area (TPSA) is 50.9 Å². The van der Waals surface area contributed by atoms with Gasteiger partial charge in [0.15, 0.2) is 0 Å². The predicted octanol–water partition coefficient (Wildman–Crippen LogP) is 1.17. The van der Waals surface area contributed by atoms with Gasteiger partial charge in [-0.2, -0.15) is 0 Å². The average molecular weight is 197 g/mol. The summed E-state index contributed by atoms with van der Waals surface area (Å²) in [7, 11) is 0. The van der Waals surface area contributed by atoms with E-state index in [1.54, 1.807) is 11.3 Å². The minimum Gasteiger partial charge on any atom is -0.271 e. The number of hydrazine groups is 1. The average Bonchev–Trinajstić information content (AvgIpc) is 2.68. The zero-order chi connectivity index (χ0) is 9.26. The van der Waals surface area contributed by atoms with Crippen LogP contribution in [0.4, 0.5) is 0 Å². The lowest BCUT2D eigenvalue weighted by Gasteiger charge is -2.13. The lowest BCUT2D eigenvalue weighted by molar-refractivity contribution is 0.456. The van der Waals surface area contributed by atoms with Gasteiger partial charge in [-0.25, -0.2) is 0 Å². The van der Waals surface area contributed by atoms with E-state index in [4.69, 9.17) is 5.84 Å². The van der Waals surface area contributed by atoms with Crippen molar-refractivity contribution in [3.05, 3.63) is 16.6 Å². The fraction of sp³-hybridized carbons (Fsp3) is 0.667. The first-order chi connectivity index (χ1) is 6.31. The number of rotatable bonds is 4. The van der Waals surface area contributed by atoms with Crippen molar-refractivity contribution in [2.24, 2.45) is 17.7 Å². The number of nitrogens with two attached hydrogens (primary N) is 1. The van der Waals surface area contributed by atoms with Crippen LogP contribution in [0.3, 0.4) is 0 Å². The molecule has 0 saturated heterocycles. The fourth-order valence-corrected chi connectivity index (χ4v) is 2.46. The van der Waals surface area contributed by atoms with Crippen molar-refractivity contribution < 1.29 is 0 Å². The molecule has 1 aromatic heterocycles. The Balaban J connectivity index is 1.91. The summed E-state index contributed by atoms with van der Waals surface area (Å²) >= 11 is 1.71. The normalized spacial score (nSPS) is 28.8. The van der Waals surface area contributed by atoms with Gasteiger partial charge in [-0.3, -0.25) is 16.3 Å². The van der Waals surface area contributed by atoms with Gasteiger partial charge in [0.2, 0.25) is 0 Å². The van der Waals surface area contributed by atoms with Crippen LogP contribution in [0.2, 0.25) is 0 Å². The smallest absolute Gasteiger partial charge is 0.0794 e. The van der Waals surface area contributed by atoms with Gasteiger partial charge in [-0.15, -0.1) is 11.3 Å². The van der Waals surface area contributed by atoms with E-state index in [-0.39, 0.29) is 0 Å². The summed E-state index contributed by atoms with van der Waals surface area (Å²) in [5.41, 5.74) is 4.79. The van der Waals surface area contributed by atoms with Gasteiger partial charge in [-0.1, -0.05) is 6.92 Å². The van der Waals surface area contributed by atoms with Gasteiger partial charge in [0.1, 0.15) is 0 Å². The number of hydrogen-bond donors (Lipinski definition) is 2. The van der Waals surface area contributed by atoms with Gasteiger partial charge in [0.25, 0.3) is 0 Å². The van der Waals surface area contributed by atoms with E-state index in [1.165, 1.54) is 11.3 Å². The van der Waals surface area contributed by atoms with Gasteiger partial charge in [-0.05, 0) is 18.3 Å². The third-order valence-corrected chi connectivity index (χ3v) is 3.61. The van der Waals surface area contributed by atoms with E-state index < -0.39 is 0 Å². The highest BCUT2D eigenvalue weighted by Crippen LogP contribution is 2.41. The molecule has 1 aromatic rings. The summed E-state index contributed by atoms with van der Waals surface area (Å²) in [6, 6.07) is 0.440.